The minimum absolute atomic E-state index is 0. The first-order valence-electron chi connectivity index (χ1n) is 10.3. The molecule has 0 radical (unpaired) electrons. The SMILES string of the molecule is CCNC(=NCc1ccc(OC)c(OCC)c1)NC1CCN(c2ncccc2Cl)C1.I. The monoisotopic (exact) mass is 559 g/mol. The normalized spacial score (nSPS) is 15.9. The number of anilines is 1. The van der Waals surface area contributed by atoms with Crippen molar-refractivity contribution in [2.75, 3.05) is 38.3 Å². The van der Waals surface area contributed by atoms with E-state index in [0.717, 1.165) is 54.9 Å². The minimum atomic E-state index is 0. The van der Waals surface area contributed by atoms with E-state index in [0.29, 0.717) is 18.2 Å². The van der Waals surface area contributed by atoms with Crippen LogP contribution in [0.1, 0.15) is 25.8 Å². The maximum Gasteiger partial charge on any atom is 0.191 e. The molecule has 0 saturated carbocycles. The molecule has 0 amide bonds. The largest absolute Gasteiger partial charge is 0.493 e. The summed E-state index contributed by atoms with van der Waals surface area (Å²) < 4.78 is 11.0. The fourth-order valence-electron chi connectivity index (χ4n) is 3.45. The van der Waals surface area contributed by atoms with Crippen LogP contribution < -0.4 is 25.0 Å². The van der Waals surface area contributed by atoms with Crippen molar-refractivity contribution >= 4 is 47.4 Å². The molecule has 2 N–H and O–H groups in total. The Morgan fingerprint density at radius 3 is 2.84 bits per heavy atom. The molecular formula is C22H31ClIN5O2. The lowest BCUT2D eigenvalue weighted by atomic mass is 10.2. The van der Waals surface area contributed by atoms with Gasteiger partial charge in [-0.25, -0.2) is 9.98 Å². The Labute approximate surface area is 206 Å². The molecule has 7 nitrogen and oxygen atoms in total. The number of aromatic nitrogens is 1. The number of hydrogen-bond acceptors (Lipinski definition) is 5. The smallest absolute Gasteiger partial charge is 0.191 e. The number of rotatable bonds is 8. The number of hydrogen-bond donors (Lipinski definition) is 2. The Morgan fingerprint density at radius 2 is 2.13 bits per heavy atom. The van der Waals surface area contributed by atoms with Crippen LogP contribution in [0.5, 0.6) is 11.5 Å². The third-order valence-electron chi connectivity index (χ3n) is 4.86. The van der Waals surface area contributed by atoms with E-state index in [4.69, 9.17) is 26.1 Å². The summed E-state index contributed by atoms with van der Waals surface area (Å²) in [4.78, 5) is 11.4. The van der Waals surface area contributed by atoms with Crippen LogP contribution in [0.25, 0.3) is 0 Å². The molecule has 1 fully saturated rings. The average molecular weight is 560 g/mol. The zero-order valence-electron chi connectivity index (χ0n) is 18.2. The minimum Gasteiger partial charge on any atom is -0.493 e. The van der Waals surface area contributed by atoms with Gasteiger partial charge in [0.05, 0.1) is 25.3 Å². The Balaban J connectivity index is 0.00000341. The van der Waals surface area contributed by atoms with Gasteiger partial charge in [-0.05, 0) is 50.1 Å². The summed E-state index contributed by atoms with van der Waals surface area (Å²) >= 11 is 6.30. The molecule has 3 rings (SSSR count). The van der Waals surface area contributed by atoms with Crippen LogP contribution in [0, 0.1) is 0 Å². The second-order valence-corrected chi connectivity index (χ2v) is 7.41. The van der Waals surface area contributed by atoms with Crippen LogP contribution >= 0.6 is 35.6 Å². The number of ether oxygens (including phenoxy) is 2. The van der Waals surface area contributed by atoms with Gasteiger partial charge in [0, 0.05) is 31.9 Å². The fourth-order valence-corrected chi connectivity index (χ4v) is 3.69. The Kier molecular flexibility index (Phi) is 10.5. The highest BCUT2D eigenvalue weighted by Gasteiger charge is 2.25. The lowest BCUT2D eigenvalue weighted by Crippen LogP contribution is -2.44. The molecule has 1 aromatic heterocycles. The van der Waals surface area contributed by atoms with E-state index >= 15 is 0 Å². The van der Waals surface area contributed by atoms with Crippen molar-refractivity contribution in [2.24, 2.45) is 4.99 Å². The summed E-state index contributed by atoms with van der Waals surface area (Å²) in [5.74, 6) is 3.11. The third kappa shape index (κ3) is 7.03. The van der Waals surface area contributed by atoms with Crippen LogP contribution in [-0.2, 0) is 6.54 Å². The van der Waals surface area contributed by atoms with Crippen LogP contribution in [-0.4, -0.2) is 50.3 Å². The van der Waals surface area contributed by atoms with E-state index in [9.17, 15) is 0 Å². The van der Waals surface area contributed by atoms with Crippen molar-refractivity contribution in [3.8, 4) is 11.5 Å². The molecule has 1 atom stereocenters. The van der Waals surface area contributed by atoms with E-state index in [-0.39, 0.29) is 30.0 Å². The topological polar surface area (TPSA) is 71.0 Å². The van der Waals surface area contributed by atoms with Gasteiger partial charge in [0.15, 0.2) is 17.5 Å². The highest BCUT2D eigenvalue weighted by Crippen LogP contribution is 2.28. The average Bonchev–Trinajstić information content (AvgIpc) is 3.21. The van der Waals surface area contributed by atoms with E-state index < -0.39 is 0 Å². The van der Waals surface area contributed by atoms with Crippen molar-refractivity contribution in [3.63, 3.8) is 0 Å². The van der Waals surface area contributed by atoms with Gasteiger partial charge in [0.2, 0.25) is 0 Å². The number of nitrogens with one attached hydrogen (secondary N) is 2. The first-order chi connectivity index (χ1) is 14.6. The molecule has 2 aromatic rings. The molecular weight excluding hydrogens is 529 g/mol. The number of pyridine rings is 1. The van der Waals surface area contributed by atoms with Crippen LogP contribution in [0.2, 0.25) is 5.02 Å². The number of aliphatic imine (C=N–C) groups is 1. The Bertz CT molecular complexity index is 868. The Hall–Kier alpha value is -1.94. The van der Waals surface area contributed by atoms with Crippen LogP contribution in [0.3, 0.4) is 0 Å². The summed E-state index contributed by atoms with van der Waals surface area (Å²) in [5, 5.41) is 7.55. The molecule has 0 spiro atoms. The zero-order chi connectivity index (χ0) is 21.3. The number of halogens is 2. The molecule has 0 bridgehead atoms. The molecule has 1 aliphatic heterocycles. The van der Waals surface area contributed by atoms with Gasteiger partial charge in [0.25, 0.3) is 0 Å². The molecule has 1 aliphatic rings. The maximum atomic E-state index is 6.30. The molecule has 31 heavy (non-hydrogen) atoms. The van der Waals surface area contributed by atoms with Crippen molar-refractivity contribution in [1.29, 1.82) is 0 Å². The molecule has 0 aliphatic carbocycles. The molecule has 2 heterocycles. The first kappa shape index (κ1) is 25.3. The van der Waals surface area contributed by atoms with Gasteiger partial charge in [0.1, 0.15) is 5.82 Å². The number of nitrogens with zero attached hydrogens (tertiary/aromatic N) is 3. The van der Waals surface area contributed by atoms with Crippen molar-refractivity contribution in [1.82, 2.24) is 15.6 Å². The lowest BCUT2D eigenvalue weighted by molar-refractivity contribution is 0.310. The zero-order valence-corrected chi connectivity index (χ0v) is 21.3. The van der Waals surface area contributed by atoms with Gasteiger partial charge in [-0.15, -0.1) is 24.0 Å². The van der Waals surface area contributed by atoms with E-state index in [1.807, 2.05) is 37.3 Å². The Morgan fingerprint density at radius 1 is 1.29 bits per heavy atom. The fraction of sp³-hybridized carbons (Fsp3) is 0.455. The van der Waals surface area contributed by atoms with Crippen molar-refractivity contribution < 1.29 is 9.47 Å². The molecule has 170 valence electrons. The standard InChI is InChI=1S/C22H30ClN5O2.HI/c1-4-24-22(26-14-16-8-9-19(29-3)20(13-16)30-5-2)27-17-10-12-28(15-17)21-18(23)7-6-11-25-21;/h6-9,11,13,17H,4-5,10,12,14-15H2,1-3H3,(H2,24,26,27);1H. The number of guanidine groups is 1. The van der Waals surface area contributed by atoms with Gasteiger partial charge in [-0.3, -0.25) is 0 Å². The number of methoxy groups -OCH3 is 1. The van der Waals surface area contributed by atoms with Crippen molar-refractivity contribution in [3.05, 3.63) is 47.1 Å². The second kappa shape index (κ2) is 12.8. The van der Waals surface area contributed by atoms with E-state index in [1.165, 1.54) is 0 Å². The van der Waals surface area contributed by atoms with E-state index in [2.05, 4.69) is 27.4 Å². The van der Waals surface area contributed by atoms with Gasteiger partial charge >= 0.3 is 0 Å². The maximum absolute atomic E-state index is 6.30. The summed E-state index contributed by atoms with van der Waals surface area (Å²) in [6.45, 7) is 7.68. The van der Waals surface area contributed by atoms with E-state index in [1.54, 1.807) is 13.3 Å². The summed E-state index contributed by atoms with van der Waals surface area (Å²) in [5.41, 5.74) is 1.06. The lowest BCUT2D eigenvalue weighted by Gasteiger charge is -2.20. The summed E-state index contributed by atoms with van der Waals surface area (Å²) in [6.07, 6.45) is 2.77. The van der Waals surface area contributed by atoms with Crippen LogP contribution in [0.15, 0.2) is 41.5 Å². The first-order valence-corrected chi connectivity index (χ1v) is 10.7. The summed E-state index contributed by atoms with van der Waals surface area (Å²) in [6, 6.07) is 9.91. The van der Waals surface area contributed by atoms with Gasteiger partial charge in [-0.1, -0.05) is 17.7 Å². The van der Waals surface area contributed by atoms with Crippen molar-refractivity contribution in [2.45, 2.75) is 32.9 Å². The molecule has 1 saturated heterocycles. The highest BCUT2D eigenvalue weighted by atomic mass is 127. The highest BCUT2D eigenvalue weighted by molar-refractivity contribution is 14.0. The third-order valence-corrected chi connectivity index (χ3v) is 5.15. The number of benzene rings is 1. The predicted octanol–water partition coefficient (Wildman–Crippen LogP) is 4.09. The molecule has 9 heteroatoms. The quantitative estimate of drug-likeness (QED) is 0.288. The van der Waals surface area contributed by atoms with Gasteiger partial charge in [-0.2, -0.15) is 0 Å². The molecule has 1 unspecified atom stereocenters. The second-order valence-electron chi connectivity index (χ2n) is 7.00. The van der Waals surface area contributed by atoms with Gasteiger partial charge < -0.3 is 25.0 Å². The predicted molar refractivity (Wildman–Crippen MR) is 137 cm³/mol. The van der Waals surface area contributed by atoms with Crippen LogP contribution in [0.4, 0.5) is 5.82 Å². The molecule has 1 aromatic carbocycles. The summed E-state index contributed by atoms with van der Waals surface area (Å²) in [7, 11) is 1.64.